The maximum Gasteiger partial charge on any atom is 0.308 e. The molecule has 0 heterocycles. The second kappa shape index (κ2) is 4.72. The Kier molecular flexibility index (Phi) is 4.68. The van der Waals surface area contributed by atoms with Gasteiger partial charge in [0.25, 0.3) is 0 Å². The zero-order chi connectivity index (χ0) is 7.56. The lowest BCUT2D eigenvalue weighted by molar-refractivity contribution is -0.143. The SMILES string of the molecule is Br.NC1CCCCC1C(=O)O. The third kappa shape index (κ3) is 2.79. The van der Waals surface area contributed by atoms with Gasteiger partial charge in [-0.15, -0.1) is 17.0 Å². The van der Waals surface area contributed by atoms with Crippen LogP contribution in [0.4, 0.5) is 0 Å². The Morgan fingerprint density at radius 2 is 1.91 bits per heavy atom. The Morgan fingerprint density at radius 1 is 1.36 bits per heavy atom. The molecule has 3 N–H and O–H groups in total. The summed E-state index contributed by atoms with van der Waals surface area (Å²) in [5.74, 6) is -1.01. The number of halogens is 1. The first-order valence-corrected chi connectivity index (χ1v) is 3.70. The predicted molar refractivity (Wildman–Crippen MR) is 47.9 cm³/mol. The lowest BCUT2D eigenvalue weighted by atomic mass is 9.85. The van der Waals surface area contributed by atoms with Gasteiger partial charge in [-0.1, -0.05) is 12.8 Å². The van der Waals surface area contributed by atoms with Crippen molar-refractivity contribution in [2.75, 3.05) is 0 Å². The van der Waals surface area contributed by atoms with E-state index in [4.69, 9.17) is 10.8 Å². The van der Waals surface area contributed by atoms with Gasteiger partial charge in [0, 0.05) is 6.04 Å². The molecule has 0 saturated heterocycles. The lowest BCUT2D eigenvalue weighted by Gasteiger charge is -2.24. The molecule has 66 valence electrons. The first-order chi connectivity index (χ1) is 4.72. The molecule has 2 atom stereocenters. The number of hydrogen-bond donors (Lipinski definition) is 2. The first-order valence-electron chi connectivity index (χ1n) is 3.70. The number of aliphatic carboxylic acids is 1. The number of carbonyl (C=O) groups is 1. The first kappa shape index (κ1) is 10.9. The van der Waals surface area contributed by atoms with E-state index in [1.807, 2.05) is 0 Å². The van der Waals surface area contributed by atoms with E-state index in [0.29, 0.717) is 0 Å². The summed E-state index contributed by atoms with van der Waals surface area (Å²) >= 11 is 0. The highest BCUT2D eigenvalue weighted by Gasteiger charge is 2.27. The molecule has 1 aliphatic carbocycles. The van der Waals surface area contributed by atoms with Crippen LogP contribution in [0, 0.1) is 5.92 Å². The summed E-state index contributed by atoms with van der Waals surface area (Å²) in [4.78, 5) is 10.5. The van der Waals surface area contributed by atoms with E-state index < -0.39 is 5.97 Å². The summed E-state index contributed by atoms with van der Waals surface area (Å²) in [6, 6.07) is -0.105. The van der Waals surface area contributed by atoms with Crippen LogP contribution in [0.3, 0.4) is 0 Å². The predicted octanol–water partition coefficient (Wildman–Crippen LogP) is 1.17. The molecule has 4 heteroatoms. The van der Waals surface area contributed by atoms with Crippen molar-refractivity contribution >= 4 is 23.0 Å². The molecule has 0 aromatic carbocycles. The normalized spacial score (nSPS) is 30.6. The number of rotatable bonds is 1. The van der Waals surface area contributed by atoms with Gasteiger partial charge >= 0.3 is 5.97 Å². The Bertz CT molecular complexity index is 140. The number of carboxylic acid groups (broad SMARTS) is 1. The van der Waals surface area contributed by atoms with Crippen LogP contribution in [0.15, 0.2) is 0 Å². The Balaban J connectivity index is 0.000001000. The molecule has 1 aliphatic rings. The molecule has 0 aromatic rings. The molecule has 0 radical (unpaired) electrons. The fourth-order valence-corrected chi connectivity index (χ4v) is 1.47. The van der Waals surface area contributed by atoms with Crippen molar-refractivity contribution < 1.29 is 9.90 Å². The van der Waals surface area contributed by atoms with Crippen molar-refractivity contribution in [2.24, 2.45) is 11.7 Å². The molecule has 0 aliphatic heterocycles. The van der Waals surface area contributed by atoms with Gasteiger partial charge in [-0.2, -0.15) is 0 Å². The van der Waals surface area contributed by atoms with Crippen molar-refractivity contribution in [1.29, 1.82) is 0 Å². The fourth-order valence-electron chi connectivity index (χ4n) is 1.47. The second-order valence-electron chi connectivity index (χ2n) is 2.89. The van der Waals surface area contributed by atoms with E-state index in [1.165, 1.54) is 0 Å². The molecule has 1 fully saturated rings. The largest absolute Gasteiger partial charge is 0.481 e. The van der Waals surface area contributed by atoms with Crippen molar-refractivity contribution in [3.63, 3.8) is 0 Å². The fraction of sp³-hybridized carbons (Fsp3) is 0.857. The summed E-state index contributed by atoms with van der Waals surface area (Å²) < 4.78 is 0. The van der Waals surface area contributed by atoms with Gasteiger partial charge in [0.05, 0.1) is 5.92 Å². The molecular weight excluding hydrogens is 210 g/mol. The van der Waals surface area contributed by atoms with Gasteiger partial charge in [-0.25, -0.2) is 0 Å². The van der Waals surface area contributed by atoms with Crippen molar-refractivity contribution in [1.82, 2.24) is 0 Å². The van der Waals surface area contributed by atoms with Crippen LogP contribution in [0.2, 0.25) is 0 Å². The summed E-state index contributed by atoms with van der Waals surface area (Å²) in [5.41, 5.74) is 5.60. The zero-order valence-electron chi connectivity index (χ0n) is 6.32. The van der Waals surface area contributed by atoms with Crippen LogP contribution in [-0.4, -0.2) is 17.1 Å². The quantitative estimate of drug-likeness (QED) is 0.702. The Hall–Kier alpha value is -0.0900. The molecule has 0 bridgehead atoms. The van der Waals surface area contributed by atoms with Gasteiger partial charge < -0.3 is 10.8 Å². The summed E-state index contributed by atoms with van der Waals surface area (Å²) in [6.07, 6.45) is 3.74. The van der Waals surface area contributed by atoms with E-state index in [9.17, 15) is 4.79 Å². The highest BCUT2D eigenvalue weighted by Crippen LogP contribution is 2.22. The average Bonchev–Trinajstić information content (AvgIpc) is 1.88. The summed E-state index contributed by atoms with van der Waals surface area (Å²) in [6.45, 7) is 0. The molecule has 0 aromatic heterocycles. The molecule has 11 heavy (non-hydrogen) atoms. The topological polar surface area (TPSA) is 63.3 Å². The van der Waals surface area contributed by atoms with Gasteiger partial charge in [-0.3, -0.25) is 4.79 Å². The van der Waals surface area contributed by atoms with E-state index in [0.717, 1.165) is 25.7 Å². The third-order valence-corrected chi connectivity index (χ3v) is 2.14. The smallest absolute Gasteiger partial charge is 0.308 e. The maximum absolute atomic E-state index is 10.5. The minimum Gasteiger partial charge on any atom is -0.481 e. The van der Waals surface area contributed by atoms with Gasteiger partial charge in [0.15, 0.2) is 0 Å². The van der Waals surface area contributed by atoms with Crippen molar-refractivity contribution in [3.05, 3.63) is 0 Å². The summed E-state index contributed by atoms with van der Waals surface area (Å²) in [7, 11) is 0. The van der Waals surface area contributed by atoms with Crippen molar-refractivity contribution in [2.45, 2.75) is 31.7 Å². The molecular formula is C7H14BrNO2. The molecule has 1 saturated carbocycles. The Labute approximate surface area is 76.7 Å². The van der Waals surface area contributed by atoms with E-state index in [-0.39, 0.29) is 28.9 Å². The van der Waals surface area contributed by atoms with Crippen molar-refractivity contribution in [3.8, 4) is 0 Å². The lowest BCUT2D eigenvalue weighted by Crippen LogP contribution is -2.37. The Morgan fingerprint density at radius 3 is 2.27 bits per heavy atom. The summed E-state index contributed by atoms with van der Waals surface area (Å²) in [5, 5.41) is 8.63. The van der Waals surface area contributed by atoms with Crippen LogP contribution in [-0.2, 0) is 4.79 Å². The molecule has 0 amide bonds. The maximum atomic E-state index is 10.5. The monoisotopic (exact) mass is 223 g/mol. The average molecular weight is 224 g/mol. The molecule has 3 nitrogen and oxygen atoms in total. The molecule has 0 spiro atoms. The van der Waals surface area contributed by atoms with E-state index >= 15 is 0 Å². The number of carboxylic acids is 1. The highest BCUT2D eigenvalue weighted by molar-refractivity contribution is 8.93. The highest BCUT2D eigenvalue weighted by atomic mass is 79.9. The van der Waals surface area contributed by atoms with Crippen LogP contribution >= 0.6 is 17.0 Å². The van der Waals surface area contributed by atoms with Crippen LogP contribution < -0.4 is 5.73 Å². The zero-order valence-corrected chi connectivity index (χ0v) is 8.04. The van der Waals surface area contributed by atoms with Gasteiger partial charge in [0.2, 0.25) is 0 Å². The third-order valence-electron chi connectivity index (χ3n) is 2.14. The number of hydrogen-bond acceptors (Lipinski definition) is 2. The molecule has 2 unspecified atom stereocenters. The van der Waals surface area contributed by atoms with Gasteiger partial charge in [-0.05, 0) is 12.8 Å². The van der Waals surface area contributed by atoms with E-state index in [2.05, 4.69) is 0 Å². The molecule has 1 rings (SSSR count). The van der Waals surface area contributed by atoms with Crippen LogP contribution in [0.25, 0.3) is 0 Å². The van der Waals surface area contributed by atoms with E-state index in [1.54, 1.807) is 0 Å². The standard InChI is InChI=1S/C7H13NO2.BrH/c8-6-4-2-1-3-5(6)7(9)10;/h5-6H,1-4,8H2,(H,9,10);1H. The second-order valence-corrected chi connectivity index (χ2v) is 2.89. The minimum atomic E-state index is -0.729. The van der Waals surface area contributed by atoms with Crippen LogP contribution in [0.5, 0.6) is 0 Å². The van der Waals surface area contributed by atoms with Crippen LogP contribution in [0.1, 0.15) is 25.7 Å². The number of nitrogens with two attached hydrogens (primary N) is 1. The van der Waals surface area contributed by atoms with Gasteiger partial charge in [0.1, 0.15) is 0 Å². The minimum absolute atomic E-state index is 0.